The number of hydrogen-bond donors (Lipinski definition) is 2. The quantitative estimate of drug-likeness (QED) is 0.457. The molecule has 2 aromatic heterocycles. The highest BCUT2D eigenvalue weighted by Gasteiger charge is 2.15. The van der Waals surface area contributed by atoms with E-state index in [0.29, 0.717) is 28.8 Å². The van der Waals surface area contributed by atoms with E-state index in [9.17, 15) is 9.18 Å². The summed E-state index contributed by atoms with van der Waals surface area (Å²) in [5.74, 6) is 0.459. The van der Waals surface area contributed by atoms with E-state index in [4.69, 9.17) is 4.74 Å². The van der Waals surface area contributed by atoms with Crippen molar-refractivity contribution >= 4 is 44.1 Å². The molecule has 0 spiro atoms. The molecule has 0 saturated heterocycles. The second-order valence-electron chi connectivity index (χ2n) is 6.07. The maximum atomic E-state index is 13.1. The van der Waals surface area contributed by atoms with Crippen LogP contribution in [0.25, 0.3) is 10.2 Å². The van der Waals surface area contributed by atoms with Crippen LogP contribution in [0, 0.1) is 5.82 Å². The van der Waals surface area contributed by atoms with Crippen molar-refractivity contribution in [2.24, 2.45) is 0 Å². The van der Waals surface area contributed by atoms with E-state index >= 15 is 0 Å². The molecule has 2 heterocycles. The molecule has 4 rings (SSSR count). The van der Waals surface area contributed by atoms with Gasteiger partial charge in [0.25, 0.3) is 5.91 Å². The van der Waals surface area contributed by atoms with E-state index in [0.717, 1.165) is 16.0 Å². The van der Waals surface area contributed by atoms with Crippen LogP contribution >= 0.6 is 11.3 Å². The highest BCUT2D eigenvalue weighted by atomic mass is 32.1. The Hall–Kier alpha value is -3.52. The Bertz CT molecular complexity index is 1160. The minimum absolute atomic E-state index is 0.335. The molecule has 4 aromatic rings. The summed E-state index contributed by atoms with van der Waals surface area (Å²) in [6.07, 6.45) is 1.58. The summed E-state index contributed by atoms with van der Waals surface area (Å²) >= 11 is 1.37. The fourth-order valence-corrected chi connectivity index (χ4v) is 3.63. The lowest BCUT2D eigenvalue weighted by molar-refractivity contribution is 0.102. The number of fused-ring (bicyclic) bond motifs is 1. The number of hydrogen-bond acceptors (Lipinski definition) is 6. The lowest BCUT2D eigenvalue weighted by Gasteiger charge is -2.10. The van der Waals surface area contributed by atoms with E-state index in [1.165, 1.54) is 23.5 Å². The van der Waals surface area contributed by atoms with Gasteiger partial charge in [0.1, 0.15) is 17.4 Å². The van der Waals surface area contributed by atoms with Crippen molar-refractivity contribution in [1.82, 2.24) is 9.97 Å². The van der Waals surface area contributed by atoms with Crippen LogP contribution in [0.1, 0.15) is 17.3 Å². The number of benzene rings is 2. The number of amides is 1. The molecule has 2 N–H and O–H groups in total. The van der Waals surface area contributed by atoms with Gasteiger partial charge < -0.3 is 10.1 Å². The van der Waals surface area contributed by atoms with Crippen molar-refractivity contribution in [2.75, 3.05) is 17.2 Å². The smallest absolute Gasteiger partial charge is 0.261 e. The van der Waals surface area contributed by atoms with Gasteiger partial charge in [-0.05, 0) is 61.5 Å². The number of nitrogens with zero attached hydrogens (tertiary/aromatic N) is 2. The standard InChI is InChI=1S/C21H17FN4O2S/c1-2-28-15-9-10-17-18(12-15)29-21(25-17)26-20(27)16-4-3-11-23-19(16)24-14-7-5-13(22)6-8-14/h3-12H,2H2,1H3,(H,23,24)(H,25,26,27). The number of carbonyl (C=O) groups excluding carboxylic acids is 1. The van der Waals surface area contributed by atoms with Gasteiger partial charge in [-0.1, -0.05) is 11.3 Å². The number of aromatic nitrogens is 2. The van der Waals surface area contributed by atoms with Crippen LogP contribution in [0.5, 0.6) is 5.75 Å². The molecule has 0 radical (unpaired) electrons. The van der Waals surface area contributed by atoms with Crippen LogP contribution in [0.15, 0.2) is 60.8 Å². The average Bonchev–Trinajstić information content (AvgIpc) is 3.12. The lowest BCUT2D eigenvalue weighted by atomic mass is 10.2. The fourth-order valence-electron chi connectivity index (χ4n) is 2.74. The Morgan fingerprint density at radius 3 is 2.79 bits per heavy atom. The second-order valence-corrected chi connectivity index (χ2v) is 7.10. The molecule has 29 heavy (non-hydrogen) atoms. The van der Waals surface area contributed by atoms with Gasteiger partial charge in [0.15, 0.2) is 5.13 Å². The zero-order valence-electron chi connectivity index (χ0n) is 15.5. The molecule has 8 heteroatoms. The number of halogens is 1. The Kier molecular flexibility index (Phi) is 5.35. The van der Waals surface area contributed by atoms with Gasteiger partial charge in [-0.2, -0.15) is 0 Å². The number of anilines is 3. The molecular formula is C21H17FN4O2S. The maximum Gasteiger partial charge on any atom is 0.261 e. The van der Waals surface area contributed by atoms with Crippen molar-refractivity contribution in [1.29, 1.82) is 0 Å². The van der Waals surface area contributed by atoms with Crippen LogP contribution in [0.3, 0.4) is 0 Å². The molecular weight excluding hydrogens is 391 g/mol. The monoisotopic (exact) mass is 408 g/mol. The molecule has 6 nitrogen and oxygen atoms in total. The molecule has 0 atom stereocenters. The Morgan fingerprint density at radius 2 is 2.00 bits per heavy atom. The minimum Gasteiger partial charge on any atom is -0.494 e. The van der Waals surface area contributed by atoms with Gasteiger partial charge in [-0.3, -0.25) is 10.1 Å². The van der Waals surface area contributed by atoms with Crippen molar-refractivity contribution in [3.8, 4) is 5.75 Å². The van der Waals surface area contributed by atoms with Gasteiger partial charge in [-0.15, -0.1) is 0 Å². The third-order valence-corrected chi connectivity index (χ3v) is 4.98. The summed E-state index contributed by atoms with van der Waals surface area (Å²) < 4.78 is 19.5. The SMILES string of the molecule is CCOc1ccc2nc(NC(=O)c3cccnc3Nc3ccc(F)cc3)sc2c1. The molecule has 0 aliphatic heterocycles. The van der Waals surface area contributed by atoms with E-state index in [2.05, 4.69) is 20.6 Å². The largest absolute Gasteiger partial charge is 0.494 e. The number of pyridine rings is 1. The van der Waals surface area contributed by atoms with Crippen molar-refractivity contribution in [3.05, 3.63) is 72.2 Å². The third-order valence-electron chi connectivity index (χ3n) is 4.05. The highest BCUT2D eigenvalue weighted by molar-refractivity contribution is 7.22. The first kappa shape index (κ1) is 18.8. The maximum absolute atomic E-state index is 13.1. The molecule has 1 amide bonds. The molecule has 0 bridgehead atoms. The first-order chi connectivity index (χ1) is 14.1. The number of rotatable bonds is 6. The van der Waals surface area contributed by atoms with Crippen LogP contribution in [-0.2, 0) is 0 Å². The number of nitrogens with one attached hydrogen (secondary N) is 2. The summed E-state index contributed by atoms with van der Waals surface area (Å²) in [7, 11) is 0. The lowest BCUT2D eigenvalue weighted by Crippen LogP contribution is -2.14. The van der Waals surface area contributed by atoms with Crippen molar-refractivity contribution in [3.63, 3.8) is 0 Å². The van der Waals surface area contributed by atoms with Crippen molar-refractivity contribution in [2.45, 2.75) is 6.92 Å². The molecule has 0 aliphatic rings. The van der Waals surface area contributed by atoms with Gasteiger partial charge in [0, 0.05) is 11.9 Å². The van der Waals surface area contributed by atoms with Crippen LogP contribution in [0.4, 0.5) is 21.0 Å². The van der Waals surface area contributed by atoms with Gasteiger partial charge in [0.2, 0.25) is 0 Å². The molecule has 2 aromatic carbocycles. The molecule has 146 valence electrons. The van der Waals surface area contributed by atoms with Crippen LogP contribution in [-0.4, -0.2) is 22.5 Å². The summed E-state index contributed by atoms with van der Waals surface area (Å²) in [5, 5.41) is 6.35. The predicted molar refractivity (Wildman–Crippen MR) is 113 cm³/mol. The molecule has 0 aliphatic carbocycles. The first-order valence-corrected chi connectivity index (χ1v) is 9.76. The third kappa shape index (κ3) is 4.33. The van der Waals surface area contributed by atoms with Gasteiger partial charge in [-0.25, -0.2) is 14.4 Å². The zero-order valence-corrected chi connectivity index (χ0v) is 16.3. The predicted octanol–water partition coefficient (Wildman–Crippen LogP) is 5.23. The van der Waals surface area contributed by atoms with Crippen LogP contribution < -0.4 is 15.4 Å². The summed E-state index contributed by atoms with van der Waals surface area (Å²) in [6, 6.07) is 14.8. The van der Waals surface area contributed by atoms with E-state index in [1.54, 1.807) is 30.5 Å². The molecule has 0 fully saturated rings. The van der Waals surface area contributed by atoms with E-state index < -0.39 is 0 Å². The number of thiazole rings is 1. The topological polar surface area (TPSA) is 76.1 Å². The second kappa shape index (κ2) is 8.24. The summed E-state index contributed by atoms with van der Waals surface area (Å²) in [4.78, 5) is 21.5. The van der Waals surface area contributed by atoms with Gasteiger partial charge >= 0.3 is 0 Å². The average molecular weight is 408 g/mol. The first-order valence-electron chi connectivity index (χ1n) is 8.95. The molecule has 0 unspecified atom stereocenters. The number of carbonyl (C=O) groups is 1. The van der Waals surface area contributed by atoms with Crippen molar-refractivity contribution < 1.29 is 13.9 Å². The highest BCUT2D eigenvalue weighted by Crippen LogP contribution is 2.30. The number of ether oxygens (including phenoxy) is 1. The van der Waals surface area contributed by atoms with Crippen LogP contribution in [0.2, 0.25) is 0 Å². The Labute approximate surface area is 170 Å². The normalized spacial score (nSPS) is 10.7. The minimum atomic E-state index is -0.341. The summed E-state index contributed by atoms with van der Waals surface area (Å²) in [5.41, 5.74) is 1.76. The Balaban J connectivity index is 1.55. The summed E-state index contributed by atoms with van der Waals surface area (Å²) in [6.45, 7) is 2.51. The Morgan fingerprint density at radius 1 is 1.17 bits per heavy atom. The fraction of sp³-hybridized carbons (Fsp3) is 0.0952. The van der Waals surface area contributed by atoms with Gasteiger partial charge in [0.05, 0.1) is 22.4 Å². The van der Waals surface area contributed by atoms with E-state index in [1.807, 2.05) is 25.1 Å². The molecule has 0 saturated carbocycles. The zero-order chi connectivity index (χ0) is 20.2. The van der Waals surface area contributed by atoms with E-state index in [-0.39, 0.29) is 11.7 Å².